The van der Waals surface area contributed by atoms with Gasteiger partial charge < -0.3 is 34.3 Å². The van der Waals surface area contributed by atoms with Crippen molar-refractivity contribution in [1.82, 2.24) is 0 Å². The number of Topliss-reactive ketones (excluding diaryl/α,β-unsaturated/α-hetero) is 1. The van der Waals surface area contributed by atoms with E-state index in [1.165, 1.54) is 26.0 Å². The van der Waals surface area contributed by atoms with Crippen molar-refractivity contribution >= 4 is 35.3 Å². The lowest BCUT2D eigenvalue weighted by molar-refractivity contribution is -0.345. The summed E-state index contributed by atoms with van der Waals surface area (Å²) in [5.41, 5.74) is -6.63. The van der Waals surface area contributed by atoms with Gasteiger partial charge in [-0.2, -0.15) is 0 Å². The van der Waals surface area contributed by atoms with Crippen LogP contribution < -0.4 is 0 Å². The second-order valence-electron chi connectivity index (χ2n) is 12.8. The minimum Gasteiger partial charge on any atom is -0.455 e. The van der Waals surface area contributed by atoms with E-state index in [0.717, 1.165) is 0 Å². The van der Waals surface area contributed by atoms with E-state index in [1.807, 2.05) is 0 Å². The molecular weight excluding hydrogens is 584 g/mol. The lowest BCUT2D eigenvalue weighted by Crippen LogP contribution is -2.81. The highest BCUT2D eigenvalue weighted by Gasteiger charge is 2.78. The molecule has 0 amide bonds. The van der Waals surface area contributed by atoms with Crippen LogP contribution in [0.15, 0.2) is 41.5 Å². The van der Waals surface area contributed by atoms with Crippen LogP contribution in [0.4, 0.5) is 0 Å². The number of carbonyl (C=O) groups excluding carboxylic acids is 4. The first-order chi connectivity index (χ1) is 20.1. The lowest BCUT2D eigenvalue weighted by Gasteiger charge is -2.67. The molecular formula is C31H37ClO11. The molecule has 11 nitrogen and oxygen atoms in total. The first kappa shape index (κ1) is 31.6. The van der Waals surface area contributed by atoms with Crippen molar-refractivity contribution in [3.63, 3.8) is 0 Å². The number of aliphatic hydroxyl groups is 3. The maximum Gasteiger partial charge on any atom is 0.338 e. The van der Waals surface area contributed by atoms with Crippen LogP contribution in [-0.4, -0.2) is 93.2 Å². The zero-order valence-corrected chi connectivity index (χ0v) is 25.4. The number of aliphatic hydroxyl groups excluding tert-OH is 2. The molecule has 234 valence electrons. The summed E-state index contributed by atoms with van der Waals surface area (Å²) in [4.78, 5) is 53.8. The van der Waals surface area contributed by atoms with Gasteiger partial charge in [-0.15, -0.1) is 11.6 Å². The van der Waals surface area contributed by atoms with Gasteiger partial charge in [-0.25, -0.2) is 4.79 Å². The minimum atomic E-state index is -2.14. The van der Waals surface area contributed by atoms with Gasteiger partial charge in [-0.3, -0.25) is 14.4 Å². The van der Waals surface area contributed by atoms with Crippen LogP contribution in [0.2, 0.25) is 0 Å². The minimum absolute atomic E-state index is 0.110. The third kappa shape index (κ3) is 4.46. The standard InChI is InChI=1S/C31H37ClO11/c1-15-18(34)12-31(39)26(42-27(38)17-9-7-6-8-10-17)24-29(5,19(35)11-20-30(24,14-40-20)43-16(2)33)25(37)23(41-21(36)13-32)22(15)28(31,3)4/h6-10,18-20,23-24,26,34-35,39H,11-14H2,1-5H3/t18-,19-,20+,23+,24?,26-,29+,30-,31+/m0/s1. The number of esters is 3. The van der Waals surface area contributed by atoms with E-state index in [2.05, 4.69) is 0 Å². The first-order valence-electron chi connectivity index (χ1n) is 14.2. The van der Waals surface area contributed by atoms with Gasteiger partial charge in [0.25, 0.3) is 0 Å². The van der Waals surface area contributed by atoms with Gasteiger partial charge in [0.05, 0.1) is 35.7 Å². The Bertz CT molecular complexity index is 1370. The summed E-state index contributed by atoms with van der Waals surface area (Å²) in [7, 11) is 0. The van der Waals surface area contributed by atoms with E-state index in [0.29, 0.717) is 0 Å². The van der Waals surface area contributed by atoms with Crippen LogP contribution >= 0.6 is 11.6 Å². The summed E-state index contributed by atoms with van der Waals surface area (Å²) in [5, 5.41) is 35.9. The Balaban J connectivity index is 1.83. The molecule has 12 heteroatoms. The van der Waals surface area contributed by atoms with Gasteiger partial charge in [-0.1, -0.05) is 32.0 Å². The largest absolute Gasteiger partial charge is 0.455 e. The predicted octanol–water partition coefficient (Wildman–Crippen LogP) is 1.87. The Hall–Kier alpha value is -2.83. The Labute approximate surface area is 254 Å². The van der Waals surface area contributed by atoms with Crippen LogP contribution in [0.5, 0.6) is 0 Å². The first-order valence-corrected chi connectivity index (χ1v) is 14.8. The van der Waals surface area contributed by atoms with Crippen molar-refractivity contribution in [3.8, 4) is 0 Å². The highest BCUT2D eigenvalue weighted by atomic mass is 35.5. The predicted molar refractivity (Wildman–Crippen MR) is 150 cm³/mol. The van der Waals surface area contributed by atoms with Gasteiger partial charge in [0, 0.05) is 25.2 Å². The maximum atomic E-state index is 14.9. The number of rotatable bonds is 5. The summed E-state index contributed by atoms with van der Waals surface area (Å²) in [6.45, 7) is 7.16. The smallest absolute Gasteiger partial charge is 0.338 e. The van der Waals surface area contributed by atoms with Gasteiger partial charge in [0.15, 0.2) is 17.5 Å². The summed E-state index contributed by atoms with van der Waals surface area (Å²) in [6.07, 6.45) is -7.51. The van der Waals surface area contributed by atoms with E-state index in [-0.39, 0.29) is 36.2 Å². The fourth-order valence-corrected chi connectivity index (χ4v) is 7.97. The molecule has 43 heavy (non-hydrogen) atoms. The van der Waals surface area contributed by atoms with Gasteiger partial charge in [0.1, 0.15) is 23.7 Å². The molecule has 5 rings (SSSR count). The number of halogens is 1. The number of fused-ring (bicyclic) bond motifs is 5. The van der Waals surface area contributed by atoms with Gasteiger partial charge in [0.2, 0.25) is 0 Å². The Morgan fingerprint density at radius 2 is 1.74 bits per heavy atom. The third-order valence-corrected chi connectivity index (χ3v) is 10.5. The van der Waals surface area contributed by atoms with Crippen molar-refractivity contribution in [2.75, 3.05) is 12.5 Å². The van der Waals surface area contributed by atoms with Crippen LogP contribution in [0.25, 0.3) is 0 Å². The molecule has 1 saturated heterocycles. The molecule has 0 spiro atoms. The molecule has 3 aliphatic carbocycles. The molecule has 1 unspecified atom stereocenters. The zero-order chi connectivity index (χ0) is 31.7. The average Bonchev–Trinajstić information content (AvgIpc) is 2.95. The number of hydrogen-bond donors (Lipinski definition) is 3. The van der Waals surface area contributed by atoms with Gasteiger partial charge >= 0.3 is 17.9 Å². The molecule has 1 aliphatic heterocycles. The molecule has 1 aromatic carbocycles. The fraction of sp³-hybridized carbons (Fsp3) is 0.613. The quantitative estimate of drug-likeness (QED) is 0.190. The van der Waals surface area contributed by atoms with E-state index < -0.39 is 88.0 Å². The topological polar surface area (TPSA) is 166 Å². The molecule has 2 bridgehead atoms. The number of ketones is 1. The second-order valence-corrected chi connectivity index (χ2v) is 13.1. The Kier molecular flexibility index (Phi) is 7.83. The number of alkyl halides is 1. The molecule has 3 N–H and O–H groups in total. The average molecular weight is 621 g/mol. The highest BCUT2D eigenvalue weighted by Crippen LogP contribution is 2.64. The second kappa shape index (κ2) is 10.7. The molecule has 0 radical (unpaired) electrons. The SMILES string of the molecule is CC(=O)O[C@@]12CO[C@@H]1C[C@H](O)[C@@]1(C)C(=O)[C@H](OC(=O)CCl)C3=C(C)[C@@H](O)C[C@@](O)([C@@H](OC(=O)c4ccccc4)C12)C3(C)C. The molecule has 4 aliphatic rings. The number of carbonyl (C=O) groups is 4. The summed E-state index contributed by atoms with van der Waals surface area (Å²) >= 11 is 5.78. The summed E-state index contributed by atoms with van der Waals surface area (Å²) in [5.74, 6) is -5.26. The molecule has 2 saturated carbocycles. The highest BCUT2D eigenvalue weighted by molar-refractivity contribution is 6.26. The van der Waals surface area contributed by atoms with Crippen LogP contribution in [0.3, 0.4) is 0 Å². The zero-order valence-electron chi connectivity index (χ0n) is 24.7. The number of benzene rings is 1. The van der Waals surface area contributed by atoms with Crippen LogP contribution in [0, 0.1) is 16.7 Å². The summed E-state index contributed by atoms with van der Waals surface area (Å²) < 4.78 is 23.5. The molecule has 3 fully saturated rings. The van der Waals surface area contributed by atoms with E-state index in [9.17, 15) is 34.5 Å². The molecule has 9 atom stereocenters. The number of hydrogen-bond acceptors (Lipinski definition) is 11. The fourth-order valence-electron chi connectivity index (χ4n) is 7.90. The molecule has 1 heterocycles. The normalized spacial score (nSPS) is 39.7. The van der Waals surface area contributed by atoms with E-state index in [4.69, 9.17) is 30.5 Å². The van der Waals surface area contributed by atoms with Crippen molar-refractivity contribution in [3.05, 3.63) is 47.0 Å². The van der Waals surface area contributed by atoms with E-state index in [1.54, 1.807) is 39.0 Å². The van der Waals surface area contributed by atoms with Crippen molar-refractivity contribution < 1.29 is 53.4 Å². The number of ether oxygens (including phenoxy) is 4. The summed E-state index contributed by atoms with van der Waals surface area (Å²) in [6, 6.07) is 8.01. The van der Waals surface area contributed by atoms with Crippen molar-refractivity contribution in [1.29, 1.82) is 0 Å². The van der Waals surface area contributed by atoms with Crippen LogP contribution in [-0.2, 0) is 33.3 Å². The van der Waals surface area contributed by atoms with Gasteiger partial charge in [-0.05, 0) is 37.1 Å². The monoisotopic (exact) mass is 620 g/mol. The lowest BCUT2D eigenvalue weighted by atomic mass is 9.44. The third-order valence-electron chi connectivity index (χ3n) is 10.3. The Morgan fingerprint density at radius 1 is 1.09 bits per heavy atom. The Morgan fingerprint density at radius 3 is 2.30 bits per heavy atom. The van der Waals surface area contributed by atoms with Crippen molar-refractivity contribution in [2.24, 2.45) is 16.7 Å². The molecule has 1 aromatic rings. The maximum absolute atomic E-state index is 14.9. The molecule has 0 aromatic heterocycles. The van der Waals surface area contributed by atoms with E-state index >= 15 is 0 Å². The van der Waals surface area contributed by atoms with Crippen LogP contribution in [0.1, 0.15) is 57.8 Å². The van der Waals surface area contributed by atoms with Crippen molar-refractivity contribution in [2.45, 2.75) is 89.2 Å².